The largest absolute Gasteiger partial charge is 0.378 e. The van der Waals surface area contributed by atoms with Gasteiger partial charge in [-0.25, -0.2) is 0 Å². The third-order valence-electron chi connectivity index (χ3n) is 5.12. The quantitative estimate of drug-likeness (QED) is 0.466. The van der Waals surface area contributed by atoms with Crippen LogP contribution in [-0.4, -0.2) is 25.0 Å². The van der Waals surface area contributed by atoms with Gasteiger partial charge in [0.2, 0.25) is 0 Å². The summed E-state index contributed by atoms with van der Waals surface area (Å²) in [5, 5.41) is 3.42. The van der Waals surface area contributed by atoms with Gasteiger partial charge in [0, 0.05) is 49.5 Å². The predicted molar refractivity (Wildman–Crippen MR) is 128 cm³/mol. The van der Waals surface area contributed by atoms with Gasteiger partial charge in [-0.2, -0.15) is 0 Å². The van der Waals surface area contributed by atoms with E-state index in [0.29, 0.717) is 6.04 Å². The van der Waals surface area contributed by atoms with Crippen molar-refractivity contribution in [3.63, 3.8) is 0 Å². The van der Waals surface area contributed by atoms with Crippen LogP contribution in [0.1, 0.15) is 44.2 Å². The second-order valence-corrected chi connectivity index (χ2v) is 8.30. The van der Waals surface area contributed by atoms with E-state index in [-0.39, 0.29) is 0 Å². The van der Waals surface area contributed by atoms with Crippen LogP contribution in [0.15, 0.2) is 73.1 Å². The fourth-order valence-corrected chi connectivity index (χ4v) is 3.39. The van der Waals surface area contributed by atoms with Crippen molar-refractivity contribution in [2.45, 2.75) is 52.6 Å². The summed E-state index contributed by atoms with van der Waals surface area (Å²) in [7, 11) is 4.14. The van der Waals surface area contributed by atoms with Crippen molar-refractivity contribution in [3.8, 4) is 0 Å². The van der Waals surface area contributed by atoms with Crippen LogP contribution in [0.3, 0.4) is 0 Å². The summed E-state index contributed by atoms with van der Waals surface area (Å²) in [5.41, 5.74) is 7.15. The molecule has 3 heteroatoms. The van der Waals surface area contributed by atoms with E-state index in [0.717, 1.165) is 37.2 Å². The molecule has 0 aliphatic rings. The first-order chi connectivity index (χ1) is 13.8. The maximum atomic E-state index is 4.38. The number of allylic oxidation sites excluding steroid dienone is 2. The first kappa shape index (κ1) is 22.6. The second-order valence-electron chi connectivity index (χ2n) is 8.30. The molecule has 0 atom stereocenters. The predicted octanol–water partition coefficient (Wildman–Crippen LogP) is 6.58. The van der Waals surface area contributed by atoms with Crippen LogP contribution in [0.25, 0.3) is 0 Å². The standard InChI is InChI=1S/C26H37N3/c1-20(2)29(19-24-14-16-26(17-15-24)28(6)7)23(5)12-9-11-22(4)27-25-13-8-10-21(3)18-25/h8,10,13-18,20,27H,4-5,9,11-12,19H2,1-3,6-7H3. The highest BCUT2D eigenvalue weighted by atomic mass is 15.2. The van der Waals surface area contributed by atoms with Gasteiger partial charge in [0.15, 0.2) is 0 Å². The van der Waals surface area contributed by atoms with Crippen molar-refractivity contribution in [2.24, 2.45) is 0 Å². The number of benzene rings is 2. The maximum Gasteiger partial charge on any atom is 0.0429 e. The molecule has 0 amide bonds. The van der Waals surface area contributed by atoms with Crippen LogP contribution in [0.4, 0.5) is 11.4 Å². The minimum Gasteiger partial charge on any atom is -0.378 e. The molecule has 156 valence electrons. The van der Waals surface area contributed by atoms with Gasteiger partial charge in [0.25, 0.3) is 0 Å². The van der Waals surface area contributed by atoms with Crippen molar-refractivity contribution >= 4 is 11.4 Å². The lowest BCUT2D eigenvalue weighted by Crippen LogP contribution is -2.29. The van der Waals surface area contributed by atoms with Gasteiger partial charge in [-0.15, -0.1) is 0 Å². The molecule has 3 nitrogen and oxygen atoms in total. The number of aryl methyl sites for hydroxylation is 1. The van der Waals surface area contributed by atoms with E-state index in [2.05, 4.69) is 112 Å². The van der Waals surface area contributed by atoms with Crippen LogP contribution in [0, 0.1) is 6.92 Å². The van der Waals surface area contributed by atoms with Gasteiger partial charge in [-0.3, -0.25) is 0 Å². The van der Waals surface area contributed by atoms with Crippen LogP contribution in [-0.2, 0) is 6.54 Å². The highest BCUT2D eigenvalue weighted by Crippen LogP contribution is 2.21. The van der Waals surface area contributed by atoms with Gasteiger partial charge < -0.3 is 15.1 Å². The molecule has 0 spiro atoms. The Bertz CT molecular complexity index is 803. The topological polar surface area (TPSA) is 18.5 Å². The third-order valence-corrected chi connectivity index (χ3v) is 5.12. The molecule has 2 aromatic carbocycles. The van der Waals surface area contributed by atoms with E-state index in [1.807, 2.05) is 0 Å². The molecule has 2 aromatic rings. The Morgan fingerprint density at radius 2 is 1.69 bits per heavy atom. The first-order valence-electron chi connectivity index (χ1n) is 10.5. The molecule has 0 bridgehead atoms. The number of anilines is 2. The molecule has 0 heterocycles. The molecule has 0 saturated carbocycles. The molecule has 0 aliphatic carbocycles. The number of rotatable bonds is 11. The molecule has 29 heavy (non-hydrogen) atoms. The Hall–Kier alpha value is -2.68. The van der Waals surface area contributed by atoms with Crippen LogP contribution >= 0.6 is 0 Å². The lowest BCUT2D eigenvalue weighted by molar-refractivity contribution is 0.266. The summed E-state index contributed by atoms with van der Waals surface area (Å²) in [4.78, 5) is 4.53. The molecule has 0 aliphatic heterocycles. The number of hydrogen-bond acceptors (Lipinski definition) is 3. The summed E-state index contributed by atoms with van der Waals surface area (Å²) in [5.74, 6) is 0. The van der Waals surface area contributed by atoms with Crippen molar-refractivity contribution < 1.29 is 0 Å². The lowest BCUT2D eigenvalue weighted by atomic mass is 10.1. The minimum absolute atomic E-state index is 0.421. The third kappa shape index (κ3) is 7.34. The average molecular weight is 392 g/mol. The van der Waals surface area contributed by atoms with Crippen LogP contribution < -0.4 is 10.2 Å². The summed E-state index contributed by atoms with van der Waals surface area (Å²) < 4.78 is 0. The van der Waals surface area contributed by atoms with E-state index in [9.17, 15) is 0 Å². The fourth-order valence-electron chi connectivity index (χ4n) is 3.39. The molecule has 2 rings (SSSR count). The molecule has 0 unspecified atom stereocenters. The molecule has 1 N–H and O–H groups in total. The highest BCUT2D eigenvalue weighted by Gasteiger charge is 2.12. The van der Waals surface area contributed by atoms with Crippen molar-refractivity contribution in [2.75, 3.05) is 24.3 Å². The zero-order valence-corrected chi connectivity index (χ0v) is 18.8. The van der Waals surface area contributed by atoms with E-state index in [1.54, 1.807) is 0 Å². The lowest BCUT2D eigenvalue weighted by Gasteiger charge is -2.31. The molecular weight excluding hydrogens is 354 g/mol. The Labute approximate surface area is 177 Å². The average Bonchev–Trinajstić information content (AvgIpc) is 2.66. The van der Waals surface area contributed by atoms with E-state index in [1.165, 1.54) is 22.5 Å². The highest BCUT2D eigenvalue weighted by molar-refractivity contribution is 5.49. The van der Waals surface area contributed by atoms with Gasteiger partial charge >= 0.3 is 0 Å². The maximum absolute atomic E-state index is 4.38. The van der Waals surface area contributed by atoms with Crippen molar-refractivity contribution in [3.05, 3.63) is 84.2 Å². The monoisotopic (exact) mass is 391 g/mol. The molecule has 0 saturated heterocycles. The van der Waals surface area contributed by atoms with Gasteiger partial charge in [0.1, 0.15) is 0 Å². The Morgan fingerprint density at radius 3 is 2.28 bits per heavy atom. The second kappa shape index (κ2) is 10.8. The SMILES string of the molecule is C=C(CCCC(=C)N(Cc1ccc(N(C)C)cc1)C(C)C)Nc1cccc(C)c1. The smallest absolute Gasteiger partial charge is 0.0429 e. The molecule has 0 aromatic heterocycles. The van der Waals surface area contributed by atoms with Crippen LogP contribution in [0.2, 0.25) is 0 Å². The molecule has 0 radical (unpaired) electrons. The van der Waals surface area contributed by atoms with Gasteiger partial charge in [-0.05, 0) is 75.4 Å². The van der Waals surface area contributed by atoms with Crippen molar-refractivity contribution in [1.29, 1.82) is 0 Å². The van der Waals surface area contributed by atoms with E-state index < -0.39 is 0 Å². The summed E-state index contributed by atoms with van der Waals surface area (Å²) in [6, 6.07) is 17.6. The molecular formula is C26H37N3. The zero-order chi connectivity index (χ0) is 21.4. The number of nitrogens with one attached hydrogen (secondary N) is 1. The Kier molecular flexibility index (Phi) is 8.38. The van der Waals surface area contributed by atoms with Crippen LogP contribution in [0.5, 0.6) is 0 Å². The number of hydrogen-bond donors (Lipinski definition) is 1. The normalized spacial score (nSPS) is 10.7. The summed E-state index contributed by atoms with van der Waals surface area (Å²) >= 11 is 0. The summed E-state index contributed by atoms with van der Waals surface area (Å²) in [6.45, 7) is 16.0. The van der Waals surface area contributed by atoms with Gasteiger partial charge in [0.05, 0.1) is 0 Å². The zero-order valence-electron chi connectivity index (χ0n) is 18.8. The number of nitrogens with zero attached hydrogens (tertiary/aromatic N) is 2. The first-order valence-corrected chi connectivity index (χ1v) is 10.5. The fraction of sp³-hybridized carbons (Fsp3) is 0.385. The van der Waals surface area contributed by atoms with Crippen molar-refractivity contribution in [1.82, 2.24) is 4.90 Å². The minimum atomic E-state index is 0.421. The van der Waals surface area contributed by atoms with Gasteiger partial charge in [-0.1, -0.05) is 37.4 Å². The Balaban J connectivity index is 1.85. The Morgan fingerprint density at radius 1 is 1.00 bits per heavy atom. The van der Waals surface area contributed by atoms with E-state index in [4.69, 9.17) is 0 Å². The summed E-state index contributed by atoms with van der Waals surface area (Å²) in [6.07, 6.45) is 2.96. The molecule has 0 fully saturated rings. The van der Waals surface area contributed by atoms with E-state index >= 15 is 0 Å².